The SMILES string of the molecule is Cc1ccccc1[C@@H]1CCCN1C(=O)Cn1nc(C(F)(F)F)c2c1CCCC2. The fourth-order valence-electron chi connectivity index (χ4n) is 4.60. The fraction of sp³-hybridized carbons (Fsp3) is 0.524. The van der Waals surface area contributed by atoms with Gasteiger partial charge in [0, 0.05) is 17.8 Å². The normalized spacial score (nSPS) is 19.7. The molecule has 28 heavy (non-hydrogen) atoms. The minimum absolute atomic E-state index is 0.0119. The standard InChI is InChI=1S/C21H24F3N3O/c1-14-7-2-3-8-15(14)17-11-6-12-26(17)19(28)13-27-18-10-5-4-9-16(18)20(25-27)21(22,23)24/h2-3,7-8,17H,4-6,9-13H2,1H3/t17-/m0/s1. The number of rotatable bonds is 3. The van der Waals surface area contributed by atoms with Gasteiger partial charge in [-0.2, -0.15) is 18.3 Å². The predicted molar refractivity (Wildman–Crippen MR) is 98.7 cm³/mol. The molecule has 0 saturated carbocycles. The highest BCUT2D eigenvalue weighted by molar-refractivity contribution is 5.77. The van der Waals surface area contributed by atoms with Crippen LogP contribution in [-0.4, -0.2) is 27.1 Å². The summed E-state index contributed by atoms with van der Waals surface area (Å²) in [5.41, 5.74) is 2.30. The Labute approximate surface area is 162 Å². The van der Waals surface area contributed by atoms with Crippen molar-refractivity contribution >= 4 is 5.91 Å². The number of aryl methyl sites for hydroxylation is 1. The highest BCUT2D eigenvalue weighted by atomic mass is 19.4. The number of alkyl halides is 3. The van der Waals surface area contributed by atoms with Crippen molar-refractivity contribution in [1.29, 1.82) is 0 Å². The van der Waals surface area contributed by atoms with Crippen LogP contribution in [0.15, 0.2) is 24.3 Å². The van der Waals surface area contributed by atoms with Gasteiger partial charge in [-0.25, -0.2) is 0 Å². The van der Waals surface area contributed by atoms with Crippen molar-refractivity contribution in [2.75, 3.05) is 6.54 Å². The van der Waals surface area contributed by atoms with Gasteiger partial charge in [0.2, 0.25) is 5.91 Å². The molecular formula is C21H24F3N3O. The molecule has 4 nitrogen and oxygen atoms in total. The van der Waals surface area contributed by atoms with Crippen LogP contribution < -0.4 is 0 Å². The molecule has 0 radical (unpaired) electrons. The molecule has 1 fully saturated rings. The van der Waals surface area contributed by atoms with Crippen LogP contribution in [0.3, 0.4) is 0 Å². The Bertz CT molecular complexity index is 888. The van der Waals surface area contributed by atoms with Crippen LogP contribution in [0.5, 0.6) is 0 Å². The Morgan fingerprint density at radius 1 is 1.18 bits per heavy atom. The van der Waals surface area contributed by atoms with Crippen LogP contribution >= 0.6 is 0 Å². The molecule has 0 N–H and O–H groups in total. The minimum Gasteiger partial charge on any atom is -0.334 e. The van der Waals surface area contributed by atoms with E-state index in [-0.39, 0.29) is 24.1 Å². The molecular weight excluding hydrogens is 367 g/mol. The summed E-state index contributed by atoms with van der Waals surface area (Å²) >= 11 is 0. The first-order valence-electron chi connectivity index (χ1n) is 9.87. The van der Waals surface area contributed by atoms with Crippen LogP contribution in [-0.2, 0) is 30.4 Å². The van der Waals surface area contributed by atoms with Gasteiger partial charge in [0.05, 0.1) is 6.04 Å². The third-order valence-corrected chi connectivity index (χ3v) is 5.93. The number of benzene rings is 1. The Morgan fingerprint density at radius 2 is 1.93 bits per heavy atom. The van der Waals surface area contributed by atoms with Gasteiger partial charge in [-0.15, -0.1) is 0 Å². The van der Waals surface area contributed by atoms with Gasteiger partial charge in [0.1, 0.15) is 6.54 Å². The van der Waals surface area contributed by atoms with Crippen LogP contribution in [0.2, 0.25) is 0 Å². The summed E-state index contributed by atoms with van der Waals surface area (Å²) in [7, 11) is 0. The summed E-state index contributed by atoms with van der Waals surface area (Å²) < 4.78 is 41.5. The summed E-state index contributed by atoms with van der Waals surface area (Å²) in [6.45, 7) is 2.53. The van der Waals surface area contributed by atoms with Crippen LogP contribution in [0.25, 0.3) is 0 Å². The zero-order valence-electron chi connectivity index (χ0n) is 15.9. The summed E-state index contributed by atoms with van der Waals surface area (Å²) in [4.78, 5) is 14.9. The molecule has 150 valence electrons. The average molecular weight is 391 g/mol. The maximum absolute atomic E-state index is 13.4. The number of carbonyl (C=O) groups excluding carboxylic acids is 1. The molecule has 7 heteroatoms. The first-order chi connectivity index (χ1) is 13.4. The smallest absolute Gasteiger partial charge is 0.334 e. The summed E-state index contributed by atoms with van der Waals surface area (Å²) in [6, 6.07) is 7.97. The van der Waals surface area contributed by atoms with Crippen LogP contribution in [0.4, 0.5) is 13.2 Å². The van der Waals surface area contributed by atoms with Gasteiger partial charge in [0.15, 0.2) is 5.69 Å². The molecule has 1 aliphatic heterocycles. The number of carbonyl (C=O) groups is 1. The van der Waals surface area contributed by atoms with Crippen LogP contribution in [0.1, 0.15) is 59.8 Å². The summed E-state index contributed by atoms with van der Waals surface area (Å²) in [5.74, 6) is -0.157. The predicted octanol–water partition coefficient (Wildman–Crippen LogP) is 4.45. The van der Waals surface area contributed by atoms with Gasteiger partial charge < -0.3 is 4.90 Å². The number of hydrogen-bond donors (Lipinski definition) is 0. The highest BCUT2D eigenvalue weighted by Crippen LogP contribution is 2.37. The second kappa shape index (κ2) is 7.26. The monoisotopic (exact) mass is 391 g/mol. The molecule has 2 aromatic rings. The molecule has 2 heterocycles. The molecule has 0 spiro atoms. The van der Waals surface area contributed by atoms with E-state index >= 15 is 0 Å². The van der Waals surface area contributed by atoms with Gasteiger partial charge in [0.25, 0.3) is 0 Å². The lowest BCUT2D eigenvalue weighted by molar-refractivity contribution is -0.142. The third-order valence-electron chi connectivity index (χ3n) is 5.93. The molecule has 1 saturated heterocycles. The number of fused-ring (bicyclic) bond motifs is 1. The van der Waals surface area contributed by atoms with E-state index in [1.807, 2.05) is 36.1 Å². The van der Waals surface area contributed by atoms with E-state index in [1.165, 1.54) is 4.68 Å². The van der Waals surface area contributed by atoms with Gasteiger partial charge >= 0.3 is 6.18 Å². The van der Waals surface area contributed by atoms with E-state index in [9.17, 15) is 18.0 Å². The maximum atomic E-state index is 13.4. The van der Waals surface area contributed by atoms with E-state index in [0.717, 1.165) is 36.8 Å². The van der Waals surface area contributed by atoms with E-state index in [0.29, 0.717) is 25.1 Å². The topological polar surface area (TPSA) is 38.1 Å². The number of amides is 1. The molecule has 2 aliphatic rings. The second-order valence-corrected chi connectivity index (χ2v) is 7.74. The Hall–Kier alpha value is -2.31. The number of halogens is 3. The van der Waals surface area contributed by atoms with Gasteiger partial charge in [-0.3, -0.25) is 9.48 Å². The number of hydrogen-bond acceptors (Lipinski definition) is 2. The molecule has 1 aromatic heterocycles. The largest absolute Gasteiger partial charge is 0.435 e. The Morgan fingerprint density at radius 3 is 2.68 bits per heavy atom. The first-order valence-corrected chi connectivity index (χ1v) is 9.87. The zero-order chi connectivity index (χ0) is 19.9. The van der Waals surface area contributed by atoms with E-state index in [1.54, 1.807) is 0 Å². The number of aromatic nitrogens is 2. The van der Waals surface area contributed by atoms with Crippen LogP contribution in [0, 0.1) is 6.92 Å². The van der Waals surface area contributed by atoms with E-state index in [4.69, 9.17) is 0 Å². The lowest BCUT2D eigenvalue weighted by Gasteiger charge is -2.27. The highest BCUT2D eigenvalue weighted by Gasteiger charge is 2.40. The van der Waals surface area contributed by atoms with E-state index in [2.05, 4.69) is 5.10 Å². The van der Waals surface area contributed by atoms with Crippen molar-refractivity contribution in [2.45, 2.75) is 64.2 Å². The van der Waals surface area contributed by atoms with Crippen molar-refractivity contribution < 1.29 is 18.0 Å². The molecule has 0 unspecified atom stereocenters. The van der Waals surface area contributed by atoms with Crippen molar-refractivity contribution in [1.82, 2.24) is 14.7 Å². The summed E-state index contributed by atoms with van der Waals surface area (Å²) in [5, 5.41) is 3.83. The second-order valence-electron chi connectivity index (χ2n) is 7.74. The average Bonchev–Trinajstić information content (AvgIpc) is 3.27. The maximum Gasteiger partial charge on any atom is 0.435 e. The van der Waals surface area contributed by atoms with Crippen molar-refractivity contribution in [3.8, 4) is 0 Å². The number of nitrogens with zero attached hydrogens (tertiary/aromatic N) is 3. The van der Waals surface area contributed by atoms with E-state index < -0.39 is 11.9 Å². The number of likely N-dealkylation sites (tertiary alicyclic amines) is 1. The molecule has 1 atom stereocenters. The molecule has 0 bridgehead atoms. The summed E-state index contributed by atoms with van der Waals surface area (Å²) in [6.07, 6.45) is -0.206. The Balaban J connectivity index is 1.60. The first kappa shape index (κ1) is 19.0. The molecule has 1 aromatic carbocycles. The van der Waals surface area contributed by atoms with Crippen molar-refractivity contribution in [3.05, 3.63) is 52.3 Å². The molecule has 1 aliphatic carbocycles. The quantitative estimate of drug-likeness (QED) is 0.775. The molecule has 4 rings (SSSR count). The lowest BCUT2D eigenvalue weighted by atomic mass is 9.95. The van der Waals surface area contributed by atoms with Gasteiger partial charge in [-0.05, 0) is 56.6 Å². The fourth-order valence-corrected chi connectivity index (χ4v) is 4.60. The van der Waals surface area contributed by atoms with Crippen molar-refractivity contribution in [2.24, 2.45) is 0 Å². The zero-order valence-corrected chi connectivity index (χ0v) is 15.9. The minimum atomic E-state index is -4.48. The van der Waals surface area contributed by atoms with Crippen molar-refractivity contribution in [3.63, 3.8) is 0 Å². The lowest BCUT2D eigenvalue weighted by Crippen LogP contribution is -2.34. The Kier molecular flexibility index (Phi) is 4.93. The third kappa shape index (κ3) is 3.42. The molecule has 1 amide bonds. The van der Waals surface area contributed by atoms with Gasteiger partial charge in [-0.1, -0.05) is 24.3 Å².